The van der Waals surface area contributed by atoms with Gasteiger partial charge >= 0.3 is 12.2 Å². The molecule has 0 aliphatic rings. The molecule has 0 fully saturated rings. The van der Waals surface area contributed by atoms with Gasteiger partial charge in [-0.3, -0.25) is 0 Å². The van der Waals surface area contributed by atoms with Crippen molar-refractivity contribution < 1.29 is 17.9 Å². The molecule has 0 saturated carbocycles. The molecule has 0 N–H and O–H groups in total. The maximum absolute atomic E-state index is 12.2. The maximum Gasteiger partial charge on any atom is 0.419 e. The van der Waals surface area contributed by atoms with Gasteiger partial charge in [0.1, 0.15) is 5.75 Å². The fraction of sp³-hybridized carbons (Fsp3) is 0.0909. The summed E-state index contributed by atoms with van der Waals surface area (Å²) in [7, 11) is 0. The van der Waals surface area contributed by atoms with Crippen LogP contribution in [0.15, 0.2) is 42.7 Å². The molecule has 0 aliphatic carbocycles. The number of nitrogens with zero attached hydrogens (tertiary/aromatic N) is 2. The van der Waals surface area contributed by atoms with Crippen LogP contribution in [0.4, 0.5) is 13.2 Å². The zero-order valence-electron chi connectivity index (χ0n) is 8.48. The van der Waals surface area contributed by atoms with Gasteiger partial charge in [0.05, 0.1) is 5.56 Å². The maximum atomic E-state index is 12.2. The second-order valence-corrected chi connectivity index (χ2v) is 3.17. The lowest BCUT2D eigenvalue weighted by Crippen LogP contribution is -2.06. The summed E-state index contributed by atoms with van der Waals surface area (Å²) in [6.45, 7) is 0. The highest BCUT2D eigenvalue weighted by molar-refractivity contribution is 5.24. The molecule has 1 aromatic carbocycles. The molecule has 1 aromatic heterocycles. The van der Waals surface area contributed by atoms with E-state index in [9.17, 15) is 13.2 Å². The summed E-state index contributed by atoms with van der Waals surface area (Å²) in [4.78, 5) is 6.97. The monoisotopic (exact) mass is 240 g/mol. The Bertz CT molecular complexity index is 482. The second kappa shape index (κ2) is 4.40. The minimum absolute atomic E-state index is 0.121. The van der Waals surface area contributed by atoms with Gasteiger partial charge < -0.3 is 4.74 Å². The average Bonchev–Trinajstić information content (AvgIpc) is 2.30. The van der Waals surface area contributed by atoms with E-state index >= 15 is 0 Å². The Morgan fingerprint density at radius 2 is 1.53 bits per heavy atom. The Labute approximate surface area is 94.9 Å². The summed E-state index contributed by atoms with van der Waals surface area (Å²) in [6, 6.07) is 8.45. The van der Waals surface area contributed by atoms with Crippen LogP contribution in [0.2, 0.25) is 0 Å². The highest BCUT2D eigenvalue weighted by atomic mass is 19.4. The normalized spacial score (nSPS) is 11.2. The lowest BCUT2D eigenvalue weighted by Gasteiger charge is -2.06. The van der Waals surface area contributed by atoms with Crippen LogP contribution in [0.25, 0.3) is 0 Å². The lowest BCUT2D eigenvalue weighted by molar-refractivity contribution is -0.138. The van der Waals surface area contributed by atoms with Crippen molar-refractivity contribution in [2.45, 2.75) is 6.18 Å². The van der Waals surface area contributed by atoms with E-state index in [1.165, 1.54) is 0 Å². The quantitative estimate of drug-likeness (QED) is 0.807. The van der Waals surface area contributed by atoms with E-state index in [1.807, 2.05) is 0 Å². The molecule has 1 heterocycles. The van der Waals surface area contributed by atoms with E-state index in [4.69, 9.17) is 4.74 Å². The first-order valence-electron chi connectivity index (χ1n) is 4.68. The smallest absolute Gasteiger partial charge is 0.419 e. The number of hydrogen-bond acceptors (Lipinski definition) is 3. The third kappa shape index (κ3) is 2.93. The van der Waals surface area contributed by atoms with Crippen molar-refractivity contribution in [1.82, 2.24) is 9.97 Å². The van der Waals surface area contributed by atoms with Crippen molar-refractivity contribution in [1.29, 1.82) is 0 Å². The molecule has 0 bridgehead atoms. The third-order valence-corrected chi connectivity index (χ3v) is 1.91. The van der Waals surface area contributed by atoms with E-state index in [-0.39, 0.29) is 6.01 Å². The molecule has 0 aliphatic heterocycles. The van der Waals surface area contributed by atoms with E-state index in [0.29, 0.717) is 18.1 Å². The van der Waals surface area contributed by atoms with Gasteiger partial charge in [0, 0.05) is 12.4 Å². The van der Waals surface area contributed by atoms with Crippen LogP contribution in [-0.4, -0.2) is 9.97 Å². The molecule has 3 nitrogen and oxygen atoms in total. The minimum Gasteiger partial charge on any atom is -0.424 e. The van der Waals surface area contributed by atoms with E-state index in [0.717, 1.165) is 0 Å². The molecule has 0 unspecified atom stereocenters. The number of alkyl halides is 3. The molecule has 0 saturated heterocycles. The summed E-state index contributed by atoms with van der Waals surface area (Å²) in [5, 5.41) is 0. The van der Waals surface area contributed by atoms with Crippen LogP contribution in [0, 0.1) is 0 Å². The molecule has 2 rings (SSSR count). The molecule has 2 aromatic rings. The second-order valence-electron chi connectivity index (χ2n) is 3.17. The van der Waals surface area contributed by atoms with Gasteiger partial charge in [0.15, 0.2) is 0 Å². The van der Waals surface area contributed by atoms with Crippen LogP contribution in [0.1, 0.15) is 5.56 Å². The number of ether oxygens (including phenoxy) is 1. The van der Waals surface area contributed by atoms with Crippen LogP contribution in [0.5, 0.6) is 11.8 Å². The van der Waals surface area contributed by atoms with E-state index < -0.39 is 11.7 Å². The molecule has 6 heteroatoms. The number of para-hydroxylation sites is 1. The van der Waals surface area contributed by atoms with Crippen molar-refractivity contribution >= 4 is 0 Å². The minimum atomic E-state index is -4.44. The predicted octanol–water partition coefficient (Wildman–Crippen LogP) is 3.29. The first kappa shape index (κ1) is 11.4. The largest absolute Gasteiger partial charge is 0.424 e. The Hall–Kier alpha value is -2.11. The molecule has 0 amide bonds. The van der Waals surface area contributed by atoms with Crippen molar-refractivity contribution in [3.8, 4) is 11.8 Å². The van der Waals surface area contributed by atoms with Gasteiger partial charge in [-0.25, -0.2) is 9.97 Å². The van der Waals surface area contributed by atoms with Crippen molar-refractivity contribution in [2.24, 2.45) is 0 Å². The van der Waals surface area contributed by atoms with Crippen LogP contribution in [-0.2, 0) is 6.18 Å². The molecular weight excluding hydrogens is 233 g/mol. The predicted molar refractivity (Wildman–Crippen MR) is 53.6 cm³/mol. The highest BCUT2D eigenvalue weighted by Crippen LogP contribution is 2.28. The van der Waals surface area contributed by atoms with Gasteiger partial charge in [-0.15, -0.1) is 0 Å². The van der Waals surface area contributed by atoms with Gasteiger partial charge in [-0.1, -0.05) is 18.2 Å². The average molecular weight is 240 g/mol. The topological polar surface area (TPSA) is 35.0 Å². The molecular formula is C11H7F3N2O. The van der Waals surface area contributed by atoms with Gasteiger partial charge in [-0.05, 0) is 12.1 Å². The SMILES string of the molecule is FC(F)(F)c1cnc(Oc2ccccc2)nc1. The summed E-state index contributed by atoms with van der Waals surface area (Å²) in [5.41, 5.74) is -0.905. The number of rotatable bonds is 2. The number of aromatic nitrogens is 2. The van der Waals surface area contributed by atoms with Crippen LogP contribution >= 0.6 is 0 Å². The van der Waals surface area contributed by atoms with Gasteiger partial charge in [-0.2, -0.15) is 13.2 Å². The number of benzene rings is 1. The summed E-state index contributed by atoms with van der Waals surface area (Å²) >= 11 is 0. The van der Waals surface area contributed by atoms with Crippen LogP contribution in [0.3, 0.4) is 0 Å². The number of halogens is 3. The van der Waals surface area contributed by atoms with Gasteiger partial charge in [0.25, 0.3) is 0 Å². The Morgan fingerprint density at radius 1 is 0.941 bits per heavy atom. The lowest BCUT2D eigenvalue weighted by atomic mass is 10.3. The molecule has 0 radical (unpaired) electrons. The Morgan fingerprint density at radius 3 is 2.06 bits per heavy atom. The fourth-order valence-electron chi connectivity index (χ4n) is 1.11. The zero-order valence-corrected chi connectivity index (χ0v) is 8.48. The molecule has 17 heavy (non-hydrogen) atoms. The van der Waals surface area contributed by atoms with Gasteiger partial charge in [0.2, 0.25) is 0 Å². The summed E-state index contributed by atoms with van der Waals surface area (Å²) in [6.07, 6.45) is -3.07. The van der Waals surface area contributed by atoms with Crippen molar-refractivity contribution in [3.63, 3.8) is 0 Å². The van der Waals surface area contributed by atoms with E-state index in [2.05, 4.69) is 9.97 Å². The summed E-state index contributed by atoms with van der Waals surface area (Å²) in [5.74, 6) is 0.465. The molecule has 0 spiro atoms. The molecule has 88 valence electrons. The number of hydrogen-bond donors (Lipinski definition) is 0. The van der Waals surface area contributed by atoms with E-state index in [1.54, 1.807) is 30.3 Å². The standard InChI is InChI=1S/C11H7F3N2O/c12-11(13,14)8-6-15-10(16-7-8)17-9-4-2-1-3-5-9/h1-7H. The van der Waals surface area contributed by atoms with Crippen molar-refractivity contribution in [3.05, 3.63) is 48.3 Å². The molecule has 0 atom stereocenters. The fourth-order valence-corrected chi connectivity index (χ4v) is 1.11. The Balaban J connectivity index is 2.14. The zero-order chi connectivity index (χ0) is 12.3. The van der Waals surface area contributed by atoms with Crippen molar-refractivity contribution in [2.75, 3.05) is 0 Å². The summed E-state index contributed by atoms with van der Waals surface area (Å²) < 4.78 is 41.8. The Kier molecular flexibility index (Phi) is 2.95. The van der Waals surface area contributed by atoms with Crippen LogP contribution < -0.4 is 4.74 Å². The first-order chi connectivity index (χ1) is 8.05. The highest BCUT2D eigenvalue weighted by Gasteiger charge is 2.31. The third-order valence-electron chi connectivity index (χ3n) is 1.91. The first-order valence-corrected chi connectivity index (χ1v) is 4.68.